The lowest BCUT2D eigenvalue weighted by Gasteiger charge is -2.15. The first-order valence-electron chi connectivity index (χ1n) is 6.04. The van der Waals surface area contributed by atoms with E-state index in [-0.39, 0.29) is 12.2 Å². The molecule has 6 nitrogen and oxygen atoms in total. The molecule has 1 fully saturated rings. The molecule has 0 amide bonds. The Balaban J connectivity index is 2.04. The molecule has 1 N–H and O–H groups in total. The Morgan fingerprint density at radius 3 is 2.22 bits per heavy atom. The van der Waals surface area contributed by atoms with E-state index < -0.39 is 0 Å². The Hall–Kier alpha value is -1.24. The number of hydrogen-bond donors (Lipinski definition) is 1. The van der Waals surface area contributed by atoms with Gasteiger partial charge in [-0.15, -0.1) is 0 Å². The highest BCUT2D eigenvalue weighted by Gasteiger charge is 2.34. The van der Waals surface area contributed by atoms with Crippen LogP contribution in [0.3, 0.4) is 0 Å². The van der Waals surface area contributed by atoms with Gasteiger partial charge in [-0.3, -0.25) is 0 Å². The van der Waals surface area contributed by atoms with Gasteiger partial charge in [-0.2, -0.15) is 0 Å². The Morgan fingerprint density at radius 2 is 1.78 bits per heavy atom. The molecule has 0 aliphatic carbocycles. The van der Waals surface area contributed by atoms with E-state index in [4.69, 9.17) is 9.47 Å². The topological polar surface area (TPSA) is 59.5 Å². The van der Waals surface area contributed by atoms with Gasteiger partial charge in [0.25, 0.3) is 0 Å². The first-order valence-corrected chi connectivity index (χ1v) is 6.04. The number of nitrogens with one attached hydrogen (secondary N) is 1. The third-order valence-electron chi connectivity index (χ3n) is 3.18. The Bertz CT molecular complexity index is 359. The van der Waals surface area contributed by atoms with Crippen LogP contribution in [0.15, 0.2) is 12.4 Å². The molecule has 2 rings (SSSR count). The van der Waals surface area contributed by atoms with Crippen LogP contribution in [-0.4, -0.2) is 56.5 Å². The molecule has 18 heavy (non-hydrogen) atoms. The summed E-state index contributed by atoms with van der Waals surface area (Å²) in [4.78, 5) is 10.8. The molecule has 1 aliphatic heterocycles. The summed E-state index contributed by atoms with van der Waals surface area (Å²) in [5, 5.41) is 3.07. The minimum absolute atomic E-state index is 0.0792. The van der Waals surface area contributed by atoms with E-state index in [1.165, 1.54) is 0 Å². The number of hydrogen-bond acceptors (Lipinski definition) is 6. The molecule has 1 saturated heterocycles. The summed E-state index contributed by atoms with van der Waals surface area (Å²) < 4.78 is 10.8. The smallest absolute Gasteiger partial charge is 0.225 e. The average Bonchev–Trinajstić information content (AvgIpc) is 2.83. The molecule has 2 heterocycles. The second-order valence-corrected chi connectivity index (χ2v) is 4.37. The summed E-state index contributed by atoms with van der Waals surface area (Å²) >= 11 is 0. The van der Waals surface area contributed by atoms with Crippen molar-refractivity contribution in [2.75, 3.05) is 39.3 Å². The van der Waals surface area contributed by atoms with Crippen LogP contribution in [0.2, 0.25) is 0 Å². The highest BCUT2D eigenvalue weighted by Crippen LogP contribution is 2.19. The maximum absolute atomic E-state index is 5.40. The van der Waals surface area contributed by atoms with E-state index in [9.17, 15) is 0 Å². The Labute approximate surface area is 107 Å². The van der Waals surface area contributed by atoms with Gasteiger partial charge in [0, 0.05) is 51.8 Å². The third kappa shape index (κ3) is 2.77. The zero-order chi connectivity index (χ0) is 13.0. The zero-order valence-corrected chi connectivity index (χ0v) is 11.1. The molecule has 0 radical (unpaired) electrons. The predicted octanol–water partition coefficient (Wildman–Crippen LogP) is 0.0460. The lowest BCUT2D eigenvalue weighted by atomic mass is 10.3. The van der Waals surface area contributed by atoms with Gasteiger partial charge in [-0.05, 0) is 7.05 Å². The van der Waals surface area contributed by atoms with E-state index in [1.807, 2.05) is 19.4 Å². The molecule has 6 heteroatoms. The fraction of sp³-hybridized carbons (Fsp3) is 0.667. The van der Waals surface area contributed by atoms with Crippen molar-refractivity contribution in [1.82, 2.24) is 15.3 Å². The van der Waals surface area contributed by atoms with Crippen LogP contribution in [0.1, 0.15) is 5.56 Å². The van der Waals surface area contributed by atoms with Crippen LogP contribution in [-0.2, 0) is 16.0 Å². The summed E-state index contributed by atoms with van der Waals surface area (Å²) in [7, 11) is 5.31. The molecule has 0 aromatic carbocycles. The normalized spacial score (nSPS) is 23.6. The highest BCUT2D eigenvalue weighted by molar-refractivity contribution is 5.33. The molecule has 2 atom stereocenters. The molecule has 1 aliphatic rings. The number of methoxy groups -OCH3 is 2. The lowest BCUT2D eigenvalue weighted by Crippen LogP contribution is -2.27. The fourth-order valence-corrected chi connectivity index (χ4v) is 2.17. The van der Waals surface area contributed by atoms with Crippen molar-refractivity contribution < 1.29 is 9.47 Å². The zero-order valence-electron chi connectivity index (χ0n) is 11.1. The first-order chi connectivity index (χ1) is 8.78. The van der Waals surface area contributed by atoms with E-state index in [2.05, 4.69) is 20.2 Å². The standard InChI is InChI=1S/C12H20N4O2/c1-13-4-9-5-14-12(15-6-9)16-7-10(17-2)11(8-16)18-3/h5-6,10-11,13H,4,7-8H2,1-3H3. The number of ether oxygens (including phenoxy) is 2. The quantitative estimate of drug-likeness (QED) is 0.799. The number of rotatable bonds is 5. The van der Waals surface area contributed by atoms with Crippen LogP contribution >= 0.6 is 0 Å². The lowest BCUT2D eigenvalue weighted by molar-refractivity contribution is -0.00461. The average molecular weight is 252 g/mol. The van der Waals surface area contributed by atoms with E-state index >= 15 is 0 Å². The van der Waals surface area contributed by atoms with Crippen molar-refractivity contribution in [1.29, 1.82) is 0 Å². The molecule has 100 valence electrons. The van der Waals surface area contributed by atoms with Gasteiger partial charge in [-0.1, -0.05) is 0 Å². The number of nitrogens with zero attached hydrogens (tertiary/aromatic N) is 3. The SMILES string of the molecule is CNCc1cnc(N2CC(OC)C(OC)C2)nc1. The second-order valence-electron chi connectivity index (χ2n) is 4.37. The van der Waals surface area contributed by atoms with Crippen molar-refractivity contribution in [2.24, 2.45) is 0 Å². The summed E-state index contributed by atoms with van der Waals surface area (Å²) in [5.41, 5.74) is 1.08. The van der Waals surface area contributed by atoms with E-state index in [0.29, 0.717) is 0 Å². The summed E-state index contributed by atoms with van der Waals surface area (Å²) in [6.07, 6.45) is 3.85. The van der Waals surface area contributed by atoms with E-state index in [0.717, 1.165) is 31.1 Å². The van der Waals surface area contributed by atoms with Gasteiger partial charge < -0.3 is 19.7 Å². The van der Waals surface area contributed by atoms with Crippen LogP contribution in [0.25, 0.3) is 0 Å². The minimum atomic E-state index is 0.0792. The van der Waals surface area contributed by atoms with Crippen LogP contribution in [0, 0.1) is 0 Å². The molecule has 0 bridgehead atoms. The van der Waals surface area contributed by atoms with Crippen LogP contribution in [0.4, 0.5) is 5.95 Å². The van der Waals surface area contributed by atoms with Crippen LogP contribution in [0.5, 0.6) is 0 Å². The van der Waals surface area contributed by atoms with Gasteiger partial charge in [0.2, 0.25) is 5.95 Å². The second kappa shape index (κ2) is 6.08. The van der Waals surface area contributed by atoms with Gasteiger partial charge in [-0.25, -0.2) is 9.97 Å². The number of aromatic nitrogens is 2. The van der Waals surface area contributed by atoms with Crippen molar-refractivity contribution in [3.05, 3.63) is 18.0 Å². The maximum atomic E-state index is 5.40. The largest absolute Gasteiger partial charge is 0.377 e. The summed E-state index contributed by atoms with van der Waals surface area (Å²) in [5.74, 6) is 0.733. The maximum Gasteiger partial charge on any atom is 0.225 e. The Kier molecular flexibility index (Phi) is 4.46. The molecular weight excluding hydrogens is 232 g/mol. The Morgan fingerprint density at radius 1 is 1.22 bits per heavy atom. The molecule has 2 unspecified atom stereocenters. The molecule has 1 aromatic rings. The van der Waals surface area contributed by atoms with Crippen molar-refractivity contribution in [2.45, 2.75) is 18.8 Å². The molecule has 0 spiro atoms. The van der Waals surface area contributed by atoms with Crippen molar-refractivity contribution >= 4 is 5.95 Å². The molecular formula is C12H20N4O2. The summed E-state index contributed by atoms with van der Waals surface area (Å²) in [6.45, 7) is 2.31. The minimum Gasteiger partial charge on any atom is -0.377 e. The molecule has 0 saturated carbocycles. The summed E-state index contributed by atoms with van der Waals surface area (Å²) in [6, 6.07) is 0. The van der Waals surface area contributed by atoms with Gasteiger partial charge in [0.15, 0.2) is 0 Å². The van der Waals surface area contributed by atoms with Crippen molar-refractivity contribution in [3.8, 4) is 0 Å². The first kappa shape index (κ1) is 13.2. The van der Waals surface area contributed by atoms with Gasteiger partial charge in [0.1, 0.15) is 12.2 Å². The van der Waals surface area contributed by atoms with Gasteiger partial charge in [0.05, 0.1) is 0 Å². The number of anilines is 1. The third-order valence-corrected chi connectivity index (χ3v) is 3.18. The predicted molar refractivity (Wildman–Crippen MR) is 68.6 cm³/mol. The fourth-order valence-electron chi connectivity index (χ4n) is 2.17. The highest BCUT2D eigenvalue weighted by atomic mass is 16.5. The van der Waals surface area contributed by atoms with Crippen molar-refractivity contribution in [3.63, 3.8) is 0 Å². The van der Waals surface area contributed by atoms with Gasteiger partial charge >= 0.3 is 0 Å². The van der Waals surface area contributed by atoms with Crippen LogP contribution < -0.4 is 10.2 Å². The monoisotopic (exact) mass is 252 g/mol. The molecule has 1 aromatic heterocycles. The van der Waals surface area contributed by atoms with E-state index in [1.54, 1.807) is 14.2 Å².